The lowest BCUT2D eigenvalue weighted by Gasteiger charge is -2.29. The molecule has 1 saturated heterocycles. The zero-order chi connectivity index (χ0) is 21.2. The lowest BCUT2D eigenvalue weighted by Crippen LogP contribution is -2.33. The second-order valence-electron chi connectivity index (χ2n) is 6.64. The molecule has 1 amide bonds. The monoisotopic (exact) mass is 428 g/mol. The topological polar surface area (TPSA) is 105 Å². The first-order chi connectivity index (χ1) is 13.6. The quantitative estimate of drug-likeness (QED) is 0.779. The van der Waals surface area contributed by atoms with Gasteiger partial charge in [0.15, 0.2) is 0 Å². The van der Waals surface area contributed by atoms with E-state index in [0.29, 0.717) is 13.1 Å². The summed E-state index contributed by atoms with van der Waals surface area (Å²) in [6, 6.07) is 7.12. The van der Waals surface area contributed by atoms with Gasteiger partial charge in [-0.1, -0.05) is 6.07 Å². The first-order valence-corrected chi connectivity index (χ1v) is 10.4. The molecule has 156 valence electrons. The van der Waals surface area contributed by atoms with E-state index >= 15 is 0 Å². The number of carbonyl (C=O) groups is 1. The maximum atomic E-state index is 13.1. The Bertz CT molecular complexity index is 1020. The lowest BCUT2D eigenvalue weighted by atomic mass is 10.1. The highest BCUT2D eigenvalue weighted by atomic mass is 32.2. The van der Waals surface area contributed by atoms with E-state index in [0.717, 1.165) is 31.4 Å². The van der Waals surface area contributed by atoms with Gasteiger partial charge in [0.1, 0.15) is 11.5 Å². The van der Waals surface area contributed by atoms with E-state index in [2.05, 4.69) is 10.3 Å². The van der Waals surface area contributed by atoms with Crippen LogP contribution in [0.25, 0.3) is 0 Å². The third-order valence-corrected chi connectivity index (χ3v) is 5.40. The number of sulfonamides is 1. The number of pyridine rings is 1. The number of nitrogens with two attached hydrogens (primary N) is 1. The van der Waals surface area contributed by atoms with Crippen molar-refractivity contribution in [2.45, 2.75) is 30.3 Å². The number of aromatic nitrogens is 1. The molecular weight excluding hydrogens is 409 g/mol. The number of amides is 1. The normalized spacial score (nSPS) is 15.2. The van der Waals surface area contributed by atoms with Crippen molar-refractivity contribution < 1.29 is 26.4 Å². The molecule has 3 N–H and O–H groups in total. The maximum absolute atomic E-state index is 13.1. The minimum absolute atomic E-state index is 0.0269. The van der Waals surface area contributed by atoms with Crippen molar-refractivity contribution in [3.63, 3.8) is 0 Å². The number of anilines is 2. The van der Waals surface area contributed by atoms with Crippen molar-refractivity contribution in [1.82, 2.24) is 4.98 Å². The van der Waals surface area contributed by atoms with E-state index in [-0.39, 0.29) is 22.0 Å². The number of piperidine rings is 1. The third-order valence-electron chi connectivity index (χ3n) is 4.49. The summed E-state index contributed by atoms with van der Waals surface area (Å²) in [6.07, 6.45) is -2.11. The molecule has 1 aromatic carbocycles. The van der Waals surface area contributed by atoms with E-state index in [1.165, 1.54) is 24.3 Å². The standard InChI is InChI=1S/C18H19F3N4O3S/c19-18(20,21)15-8-7-14(16(24-15)25-9-2-1-3-10-25)17(26)23-12-5-4-6-13(11-12)29(22,27)28/h4-8,11H,1-3,9-10H2,(H,23,26)(H2,22,27,28). The summed E-state index contributed by atoms with van der Waals surface area (Å²) in [4.78, 5) is 17.9. The number of benzene rings is 1. The van der Waals surface area contributed by atoms with Crippen LogP contribution in [0.4, 0.5) is 24.7 Å². The van der Waals surface area contributed by atoms with Crippen LogP contribution >= 0.6 is 0 Å². The molecule has 1 aliphatic heterocycles. The molecule has 7 nitrogen and oxygen atoms in total. The zero-order valence-corrected chi connectivity index (χ0v) is 16.1. The number of alkyl halides is 3. The van der Waals surface area contributed by atoms with Gasteiger partial charge in [-0.3, -0.25) is 4.79 Å². The van der Waals surface area contributed by atoms with Crippen LogP contribution in [-0.4, -0.2) is 32.4 Å². The van der Waals surface area contributed by atoms with E-state index in [4.69, 9.17) is 5.14 Å². The fourth-order valence-corrected chi connectivity index (χ4v) is 3.64. The highest BCUT2D eigenvalue weighted by Gasteiger charge is 2.34. The van der Waals surface area contributed by atoms with Crippen LogP contribution in [-0.2, 0) is 16.2 Å². The molecule has 2 aromatic rings. The summed E-state index contributed by atoms with van der Waals surface area (Å²) >= 11 is 0. The maximum Gasteiger partial charge on any atom is 0.433 e. The smallest absolute Gasteiger partial charge is 0.356 e. The molecule has 11 heteroatoms. The van der Waals surface area contributed by atoms with Crippen molar-refractivity contribution in [1.29, 1.82) is 0 Å². The molecular formula is C18H19F3N4O3S. The van der Waals surface area contributed by atoms with Crippen LogP contribution in [0.15, 0.2) is 41.3 Å². The number of nitrogens with one attached hydrogen (secondary N) is 1. The number of halogens is 3. The van der Waals surface area contributed by atoms with E-state index < -0.39 is 27.8 Å². The molecule has 1 fully saturated rings. The van der Waals surface area contributed by atoms with Crippen molar-refractivity contribution >= 4 is 27.4 Å². The summed E-state index contributed by atoms with van der Waals surface area (Å²) in [7, 11) is -3.97. The van der Waals surface area contributed by atoms with Crippen LogP contribution in [0.1, 0.15) is 35.3 Å². The molecule has 1 aliphatic rings. The van der Waals surface area contributed by atoms with Gasteiger partial charge in [-0.15, -0.1) is 0 Å². The second kappa shape index (κ2) is 7.99. The fraction of sp³-hybridized carbons (Fsp3) is 0.333. The number of hydrogen-bond donors (Lipinski definition) is 2. The van der Waals surface area contributed by atoms with Gasteiger partial charge in [-0.2, -0.15) is 13.2 Å². The van der Waals surface area contributed by atoms with Crippen molar-refractivity contribution in [2.75, 3.05) is 23.3 Å². The molecule has 0 saturated carbocycles. The van der Waals surface area contributed by atoms with Gasteiger partial charge in [0.05, 0.1) is 10.5 Å². The van der Waals surface area contributed by atoms with E-state index in [1.807, 2.05) is 0 Å². The van der Waals surface area contributed by atoms with Gasteiger partial charge in [0.25, 0.3) is 5.91 Å². The highest BCUT2D eigenvalue weighted by Crippen LogP contribution is 2.32. The summed E-state index contributed by atoms with van der Waals surface area (Å²) < 4.78 is 62.3. The Morgan fingerprint density at radius 1 is 1.10 bits per heavy atom. The molecule has 0 bridgehead atoms. The molecule has 1 aromatic heterocycles. The minimum Gasteiger partial charge on any atom is -0.356 e. The molecule has 0 atom stereocenters. The zero-order valence-electron chi connectivity index (χ0n) is 15.2. The molecule has 0 spiro atoms. The third kappa shape index (κ3) is 5.04. The molecule has 0 radical (unpaired) electrons. The Morgan fingerprint density at radius 2 is 1.79 bits per heavy atom. The Labute approximate surface area is 165 Å². The number of rotatable bonds is 4. The van der Waals surface area contributed by atoms with Gasteiger partial charge in [-0.25, -0.2) is 18.5 Å². The molecule has 2 heterocycles. The minimum atomic E-state index is -4.64. The second-order valence-corrected chi connectivity index (χ2v) is 8.20. The van der Waals surface area contributed by atoms with Gasteiger partial charge in [0.2, 0.25) is 10.0 Å². The average Bonchev–Trinajstić information content (AvgIpc) is 2.67. The van der Waals surface area contributed by atoms with Crippen LogP contribution in [0.3, 0.4) is 0 Å². The van der Waals surface area contributed by atoms with Crippen LogP contribution in [0.2, 0.25) is 0 Å². The molecule has 29 heavy (non-hydrogen) atoms. The lowest BCUT2D eigenvalue weighted by molar-refractivity contribution is -0.141. The predicted octanol–water partition coefficient (Wildman–Crippen LogP) is 2.99. The van der Waals surface area contributed by atoms with Gasteiger partial charge >= 0.3 is 6.18 Å². The number of hydrogen-bond acceptors (Lipinski definition) is 5. The predicted molar refractivity (Wildman–Crippen MR) is 101 cm³/mol. The first kappa shape index (κ1) is 21.1. The summed E-state index contributed by atoms with van der Waals surface area (Å²) in [5.74, 6) is -0.738. The SMILES string of the molecule is NS(=O)(=O)c1cccc(NC(=O)c2ccc(C(F)(F)F)nc2N2CCCCC2)c1. The Kier molecular flexibility index (Phi) is 5.80. The Morgan fingerprint density at radius 3 is 2.41 bits per heavy atom. The van der Waals surface area contributed by atoms with Crippen LogP contribution in [0.5, 0.6) is 0 Å². The van der Waals surface area contributed by atoms with Gasteiger partial charge < -0.3 is 10.2 Å². The number of carbonyl (C=O) groups excluding carboxylic acids is 1. The average molecular weight is 428 g/mol. The molecule has 3 rings (SSSR count). The van der Waals surface area contributed by atoms with Crippen molar-refractivity contribution in [3.05, 3.63) is 47.7 Å². The Hall–Kier alpha value is -2.66. The summed E-state index contributed by atoms with van der Waals surface area (Å²) in [6.45, 7) is 0.991. The first-order valence-electron chi connectivity index (χ1n) is 8.83. The fourth-order valence-electron chi connectivity index (χ4n) is 3.08. The summed E-state index contributed by atoms with van der Waals surface area (Å²) in [5.41, 5.74) is -0.960. The molecule has 0 unspecified atom stereocenters. The van der Waals surface area contributed by atoms with E-state index in [9.17, 15) is 26.4 Å². The van der Waals surface area contributed by atoms with Crippen LogP contribution < -0.4 is 15.4 Å². The molecule has 0 aliphatic carbocycles. The number of primary sulfonamides is 1. The summed E-state index contributed by atoms with van der Waals surface area (Å²) in [5, 5.41) is 7.58. The van der Waals surface area contributed by atoms with Gasteiger partial charge in [0, 0.05) is 18.8 Å². The van der Waals surface area contributed by atoms with Gasteiger partial charge in [-0.05, 0) is 49.6 Å². The van der Waals surface area contributed by atoms with Crippen molar-refractivity contribution in [3.8, 4) is 0 Å². The van der Waals surface area contributed by atoms with Crippen LogP contribution in [0, 0.1) is 0 Å². The van der Waals surface area contributed by atoms with Crippen molar-refractivity contribution in [2.24, 2.45) is 5.14 Å². The highest BCUT2D eigenvalue weighted by molar-refractivity contribution is 7.89. The number of nitrogens with zero attached hydrogens (tertiary/aromatic N) is 2. The van der Waals surface area contributed by atoms with E-state index in [1.54, 1.807) is 4.90 Å². The largest absolute Gasteiger partial charge is 0.433 e. The Balaban J connectivity index is 1.95.